The highest BCUT2D eigenvalue weighted by molar-refractivity contribution is 6.32. The highest BCUT2D eigenvalue weighted by Crippen LogP contribution is 2.26. The Morgan fingerprint density at radius 3 is 2.75 bits per heavy atom. The summed E-state index contributed by atoms with van der Waals surface area (Å²) in [6.07, 6.45) is 5.27. The van der Waals surface area contributed by atoms with Crippen LogP contribution in [-0.4, -0.2) is 37.2 Å². The van der Waals surface area contributed by atoms with Gasteiger partial charge in [-0.3, -0.25) is 4.90 Å². The summed E-state index contributed by atoms with van der Waals surface area (Å²) in [4.78, 5) is 2.45. The fourth-order valence-electron chi connectivity index (χ4n) is 2.61. The smallest absolute Gasteiger partial charge is 0.137 e. The van der Waals surface area contributed by atoms with Crippen LogP contribution >= 0.6 is 11.6 Å². The number of hydrogen-bond donors (Lipinski definition) is 1. The molecule has 0 amide bonds. The Morgan fingerprint density at radius 2 is 2.05 bits per heavy atom. The van der Waals surface area contributed by atoms with Crippen LogP contribution in [0.2, 0.25) is 5.02 Å². The molecule has 1 saturated heterocycles. The van der Waals surface area contributed by atoms with Crippen LogP contribution in [0.1, 0.15) is 31.2 Å². The van der Waals surface area contributed by atoms with Crippen molar-refractivity contribution in [1.82, 2.24) is 10.2 Å². The molecule has 3 nitrogen and oxygen atoms in total. The lowest BCUT2D eigenvalue weighted by atomic mass is 10.2. The molecule has 2 aliphatic rings. The summed E-state index contributed by atoms with van der Waals surface area (Å²) in [5.41, 5.74) is 1.23. The summed E-state index contributed by atoms with van der Waals surface area (Å²) in [6.45, 7) is 5.05. The lowest BCUT2D eigenvalue weighted by Gasteiger charge is -2.15. The van der Waals surface area contributed by atoms with Gasteiger partial charge in [0.05, 0.1) is 5.02 Å². The zero-order valence-electron chi connectivity index (χ0n) is 11.9. The van der Waals surface area contributed by atoms with E-state index in [1.54, 1.807) is 0 Å². The van der Waals surface area contributed by atoms with Gasteiger partial charge in [-0.15, -0.1) is 0 Å². The molecule has 110 valence electrons. The standard InChI is InChI=1S/C16H23ClN2O/c17-15-11-13(12-18-14-4-5-14)3-6-16(15)20-10-9-19-7-1-2-8-19/h3,6,11,14,18H,1-2,4-5,7-10,12H2. The molecule has 0 radical (unpaired) electrons. The van der Waals surface area contributed by atoms with Crippen molar-refractivity contribution in [1.29, 1.82) is 0 Å². The van der Waals surface area contributed by atoms with Gasteiger partial charge in [0.25, 0.3) is 0 Å². The lowest BCUT2D eigenvalue weighted by molar-refractivity contribution is 0.238. The van der Waals surface area contributed by atoms with Gasteiger partial charge in [0.1, 0.15) is 12.4 Å². The minimum atomic E-state index is 0.722. The number of nitrogens with one attached hydrogen (secondary N) is 1. The monoisotopic (exact) mass is 294 g/mol. The van der Waals surface area contributed by atoms with Crippen LogP contribution in [0.5, 0.6) is 5.75 Å². The first kappa shape index (κ1) is 14.2. The van der Waals surface area contributed by atoms with E-state index in [0.29, 0.717) is 0 Å². The van der Waals surface area contributed by atoms with E-state index in [4.69, 9.17) is 16.3 Å². The molecule has 1 saturated carbocycles. The van der Waals surface area contributed by atoms with E-state index in [1.807, 2.05) is 12.1 Å². The molecule has 20 heavy (non-hydrogen) atoms. The van der Waals surface area contributed by atoms with Gasteiger partial charge in [-0.25, -0.2) is 0 Å². The second-order valence-corrected chi connectivity index (χ2v) is 6.22. The molecule has 4 heteroatoms. The quantitative estimate of drug-likeness (QED) is 0.836. The van der Waals surface area contributed by atoms with Crippen LogP contribution in [0.25, 0.3) is 0 Å². The van der Waals surface area contributed by atoms with Gasteiger partial charge in [-0.1, -0.05) is 17.7 Å². The van der Waals surface area contributed by atoms with E-state index in [-0.39, 0.29) is 0 Å². The topological polar surface area (TPSA) is 24.5 Å². The Labute approximate surface area is 126 Å². The molecule has 1 aromatic rings. The molecule has 0 unspecified atom stereocenters. The molecule has 0 bridgehead atoms. The molecular formula is C16H23ClN2O. The SMILES string of the molecule is Clc1cc(CNC2CC2)ccc1OCCN1CCCC1. The van der Waals surface area contributed by atoms with Crippen molar-refractivity contribution in [3.8, 4) is 5.75 Å². The molecule has 0 atom stereocenters. The third-order valence-corrected chi connectivity index (χ3v) is 4.33. The number of nitrogens with zero attached hydrogens (tertiary/aromatic N) is 1. The fraction of sp³-hybridized carbons (Fsp3) is 0.625. The maximum Gasteiger partial charge on any atom is 0.137 e. The van der Waals surface area contributed by atoms with Gasteiger partial charge < -0.3 is 10.1 Å². The number of benzene rings is 1. The molecule has 1 aromatic carbocycles. The second-order valence-electron chi connectivity index (χ2n) is 5.82. The summed E-state index contributed by atoms with van der Waals surface area (Å²) in [6, 6.07) is 6.84. The fourth-order valence-corrected chi connectivity index (χ4v) is 2.87. The van der Waals surface area contributed by atoms with Crippen LogP contribution in [0, 0.1) is 0 Å². The largest absolute Gasteiger partial charge is 0.491 e. The summed E-state index contributed by atoms with van der Waals surface area (Å²) in [5.74, 6) is 0.807. The number of halogens is 1. The van der Waals surface area contributed by atoms with Crippen molar-refractivity contribution >= 4 is 11.6 Å². The van der Waals surface area contributed by atoms with E-state index in [1.165, 1.54) is 44.3 Å². The van der Waals surface area contributed by atoms with Gasteiger partial charge in [0.2, 0.25) is 0 Å². The first-order chi connectivity index (χ1) is 9.81. The molecule has 0 aromatic heterocycles. The number of rotatable bonds is 7. The molecule has 1 heterocycles. The minimum absolute atomic E-state index is 0.722. The van der Waals surface area contributed by atoms with Gasteiger partial charge in [0, 0.05) is 19.1 Å². The van der Waals surface area contributed by atoms with E-state index in [9.17, 15) is 0 Å². The van der Waals surface area contributed by atoms with Crippen LogP contribution < -0.4 is 10.1 Å². The van der Waals surface area contributed by atoms with E-state index in [0.717, 1.165) is 36.5 Å². The van der Waals surface area contributed by atoms with Crippen molar-refractivity contribution in [3.05, 3.63) is 28.8 Å². The maximum absolute atomic E-state index is 6.29. The normalized spacial score (nSPS) is 19.4. The van der Waals surface area contributed by atoms with Crippen molar-refractivity contribution in [2.75, 3.05) is 26.2 Å². The van der Waals surface area contributed by atoms with Crippen molar-refractivity contribution in [3.63, 3.8) is 0 Å². The number of hydrogen-bond acceptors (Lipinski definition) is 3. The van der Waals surface area contributed by atoms with E-state index < -0.39 is 0 Å². The summed E-state index contributed by atoms with van der Waals surface area (Å²) >= 11 is 6.29. The molecular weight excluding hydrogens is 272 g/mol. The molecule has 1 N–H and O–H groups in total. The van der Waals surface area contributed by atoms with E-state index in [2.05, 4.69) is 16.3 Å². The first-order valence-electron chi connectivity index (χ1n) is 7.68. The highest BCUT2D eigenvalue weighted by atomic mass is 35.5. The van der Waals surface area contributed by atoms with E-state index >= 15 is 0 Å². The van der Waals surface area contributed by atoms with Crippen LogP contribution in [0.3, 0.4) is 0 Å². The predicted molar refractivity (Wildman–Crippen MR) is 82.5 cm³/mol. The van der Waals surface area contributed by atoms with Crippen LogP contribution in [-0.2, 0) is 6.54 Å². The minimum Gasteiger partial charge on any atom is -0.491 e. The lowest BCUT2D eigenvalue weighted by Crippen LogP contribution is -2.25. The van der Waals surface area contributed by atoms with Crippen molar-refractivity contribution in [2.45, 2.75) is 38.3 Å². The summed E-state index contributed by atoms with van der Waals surface area (Å²) < 4.78 is 5.80. The maximum atomic E-state index is 6.29. The Bertz CT molecular complexity index is 442. The van der Waals surface area contributed by atoms with Gasteiger partial charge >= 0.3 is 0 Å². The zero-order chi connectivity index (χ0) is 13.8. The van der Waals surface area contributed by atoms with Crippen molar-refractivity contribution in [2.24, 2.45) is 0 Å². The molecule has 0 spiro atoms. The Hall–Kier alpha value is -0.770. The molecule has 1 aliphatic heterocycles. The van der Waals surface area contributed by atoms with Gasteiger partial charge in [-0.05, 0) is 56.5 Å². The average molecular weight is 295 g/mol. The summed E-state index contributed by atoms with van der Waals surface area (Å²) in [5, 5.41) is 4.22. The second kappa shape index (κ2) is 6.79. The third-order valence-electron chi connectivity index (χ3n) is 4.03. The highest BCUT2D eigenvalue weighted by Gasteiger charge is 2.20. The first-order valence-corrected chi connectivity index (χ1v) is 8.06. The molecule has 3 rings (SSSR count). The number of likely N-dealkylation sites (tertiary alicyclic amines) is 1. The number of ether oxygens (including phenoxy) is 1. The van der Waals surface area contributed by atoms with Crippen LogP contribution in [0.4, 0.5) is 0 Å². The average Bonchev–Trinajstić information content (AvgIpc) is 3.14. The Balaban J connectivity index is 1.45. The zero-order valence-corrected chi connectivity index (χ0v) is 12.7. The predicted octanol–water partition coefficient (Wildman–Crippen LogP) is 3.07. The summed E-state index contributed by atoms with van der Waals surface area (Å²) in [7, 11) is 0. The van der Waals surface area contributed by atoms with Crippen LogP contribution in [0.15, 0.2) is 18.2 Å². The Kier molecular flexibility index (Phi) is 4.81. The van der Waals surface area contributed by atoms with Gasteiger partial charge in [0.15, 0.2) is 0 Å². The Morgan fingerprint density at radius 1 is 1.25 bits per heavy atom. The molecule has 2 fully saturated rings. The third kappa shape index (κ3) is 4.11. The van der Waals surface area contributed by atoms with Crippen molar-refractivity contribution < 1.29 is 4.74 Å². The molecule has 1 aliphatic carbocycles. The van der Waals surface area contributed by atoms with Gasteiger partial charge in [-0.2, -0.15) is 0 Å².